The summed E-state index contributed by atoms with van der Waals surface area (Å²) < 4.78 is 37.1. The lowest BCUT2D eigenvalue weighted by Gasteiger charge is -2.08. The number of hydrogen-bond donors (Lipinski definition) is 1. The number of aliphatic hydroxyl groups excluding tert-OH is 1. The second kappa shape index (κ2) is 3.96. The van der Waals surface area contributed by atoms with E-state index >= 15 is 0 Å². The molecule has 1 aromatic heterocycles. The predicted molar refractivity (Wildman–Crippen MR) is 55.2 cm³/mol. The molecule has 1 heterocycles. The van der Waals surface area contributed by atoms with Gasteiger partial charge in [-0.05, 0) is 24.6 Å². The SMILES string of the molecule is CC(O)c1ccc2nc(C(F)(F)F)cnc2c1. The normalized spacial score (nSPS) is 13.9. The van der Waals surface area contributed by atoms with Gasteiger partial charge in [-0.3, -0.25) is 4.98 Å². The molecule has 2 rings (SSSR count). The third-order valence-corrected chi connectivity index (χ3v) is 2.34. The van der Waals surface area contributed by atoms with Crippen LogP contribution in [0.1, 0.15) is 24.3 Å². The van der Waals surface area contributed by atoms with E-state index in [9.17, 15) is 18.3 Å². The molecule has 0 aliphatic rings. The van der Waals surface area contributed by atoms with Crippen LogP contribution in [0.25, 0.3) is 11.0 Å². The van der Waals surface area contributed by atoms with Crippen molar-refractivity contribution in [1.29, 1.82) is 0 Å². The highest BCUT2D eigenvalue weighted by atomic mass is 19.4. The summed E-state index contributed by atoms with van der Waals surface area (Å²) in [4.78, 5) is 7.17. The van der Waals surface area contributed by atoms with Gasteiger partial charge >= 0.3 is 6.18 Å². The largest absolute Gasteiger partial charge is 0.434 e. The number of aromatic nitrogens is 2. The van der Waals surface area contributed by atoms with E-state index in [1.807, 2.05) is 0 Å². The van der Waals surface area contributed by atoms with Crippen LogP contribution in [-0.4, -0.2) is 15.1 Å². The maximum atomic E-state index is 12.4. The van der Waals surface area contributed by atoms with Crippen molar-refractivity contribution >= 4 is 11.0 Å². The molecular formula is C11H9F3N2O. The van der Waals surface area contributed by atoms with E-state index in [1.54, 1.807) is 6.92 Å². The lowest BCUT2D eigenvalue weighted by Crippen LogP contribution is -2.08. The van der Waals surface area contributed by atoms with Crippen molar-refractivity contribution in [1.82, 2.24) is 9.97 Å². The topological polar surface area (TPSA) is 46.0 Å². The molecule has 0 aliphatic heterocycles. The summed E-state index contributed by atoms with van der Waals surface area (Å²) in [5, 5.41) is 9.34. The molecule has 1 atom stereocenters. The molecule has 3 nitrogen and oxygen atoms in total. The maximum Gasteiger partial charge on any atom is 0.434 e. The first-order valence-corrected chi connectivity index (χ1v) is 4.90. The molecule has 90 valence electrons. The summed E-state index contributed by atoms with van der Waals surface area (Å²) in [6, 6.07) is 4.47. The van der Waals surface area contributed by atoms with Crippen LogP contribution in [-0.2, 0) is 6.18 Å². The average molecular weight is 242 g/mol. The number of hydrogen-bond acceptors (Lipinski definition) is 3. The smallest absolute Gasteiger partial charge is 0.389 e. The zero-order chi connectivity index (χ0) is 12.6. The Balaban J connectivity index is 2.54. The quantitative estimate of drug-likeness (QED) is 0.836. The van der Waals surface area contributed by atoms with Gasteiger partial charge in [0.05, 0.1) is 23.3 Å². The summed E-state index contributed by atoms with van der Waals surface area (Å²) >= 11 is 0. The Kier molecular flexibility index (Phi) is 2.74. The average Bonchev–Trinajstić information content (AvgIpc) is 2.26. The summed E-state index contributed by atoms with van der Waals surface area (Å²) in [6.45, 7) is 1.57. The first-order chi connectivity index (χ1) is 7.88. The van der Waals surface area contributed by atoms with Crippen molar-refractivity contribution in [2.45, 2.75) is 19.2 Å². The molecule has 0 bridgehead atoms. The van der Waals surface area contributed by atoms with Gasteiger partial charge in [0.2, 0.25) is 0 Å². The predicted octanol–water partition coefficient (Wildman–Crippen LogP) is 2.70. The van der Waals surface area contributed by atoms with Crippen molar-refractivity contribution < 1.29 is 18.3 Å². The zero-order valence-corrected chi connectivity index (χ0v) is 8.86. The Morgan fingerprint density at radius 3 is 2.53 bits per heavy atom. The van der Waals surface area contributed by atoms with Gasteiger partial charge < -0.3 is 5.11 Å². The zero-order valence-electron chi connectivity index (χ0n) is 8.86. The summed E-state index contributed by atoms with van der Waals surface area (Å²) in [5.74, 6) is 0. The fourth-order valence-corrected chi connectivity index (χ4v) is 1.42. The van der Waals surface area contributed by atoms with Crippen LogP contribution in [0.15, 0.2) is 24.4 Å². The molecule has 6 heteroatoms. The molecule has 1 N–H and O–H groups in total. The van der Waals surface area contributed by atoms with Crippen molar-refractivity contribution in [2.24, 2.45) is 0 Å². The Hall–Kier alpha value is -1.69. The molecule has 0 aliphatic carbocycles. The Labute approximate surface area is 94.9 Å². The summed E-state index contributed by atoms with van der Waals surface area (Å²) in [6.07, 6.45) is -4.50. The molecule has 0 saturated heterocycles. The van der Waals surface area contributed by atoms with Crippen molar-refractivity contribution in [3.8, 4) is 0 Å². The second-order valence-electron chi connectivity index (χ2n) is 3.68. The van der Waals surface area contributed by atoms with E-state index in [-0.39, 0.29) is 5.52 Å². The fourth-order valence-electron chi connectivity index (χ4n) is 1.42. The molecule has 0 fully saturated rings. The van der Waals surface area contributed by atoms with Crippen molar-refractivity contribution in [2.75, 3.05) is 0 Å². The molecule has 0 saturated carbocycles. The molecular weight excluding hydrogens is 233 g/mol. The number of fused-ring (bicyclic) bond motifs is 1. The van der Waals surface area contributed by atoms with E-state index in [0.29, 0.717) is 17.3 Å². The Bertz CT molecular complexity index is 552. The van der Waals surface area contributed by atoms with Crippen molar-refractivity contribution in [3.63, 3.8) is 0 Å². The minimum absolute atomic E-state index is 0.157. The van der Waals surface area contributed by atoms with Crippen LogP contribution < -0.4 is 0 Å². The molecule has 1 unspecified atom stereocenters. The third-order valence-electron chi connectivity index (χ3n) is 2.34. The highest BCUT2D eigenvalue weighted by molar-refractivity contribution is 5.75. The van der Waals surface area contributed by atoms with Crippen LogP contribution in [0.3, 0.4) is 0 Å². The number of benzene rings is 1. The minimum atomic E-state index is -4.50. The molecule has 17 heavy (non-hydrogen) atoms. The monoisotopic (exact) mass is 242 g/mol. The van der Waals surface area contributed by atoms with Crippen LogP contribution in [0, 0.1) is 0 Å². The lowest BCUT2D eigenvalue weighted by atomic mass is 10.1. The van der Waals surface area contributed by atoms with Gasteiger partial charge in [0.15, 0.2) is 5.69 Å². The van der Waals surface area contributed by atoms with Crippen molar-refractivity contribution in [3.05, 3.63) is 35.7 Å². The summed E-state index contributed by atoms with van der Waals surface area (Å²) in [5.41, 5.74) is 0.0574. The minimum Gasteiger partial charge on any atom is -0.389 e. The fraction of sp³-hybridized carbons (Fsp3) is 0.273. The van der Waals surface area contributed by atoms with Gasteiger partial charge in [-0.2, -0.15) is 13.2 Å². The Morgan fingerprint density at radius 2 is 1.94 bits per heavy atom. The van der Waals surface area contributed by atoms with E-state index in [0.717, 1.165) is 0 Å². The molecule has 0 amide bonds. The molecule has 0 spiro atoms. The first kappa shape index (κ1) is 11.8. The van der Waals surface area contributed by atoms with E-state index < -0.39 is 18.0 Å². The number of alkyl halides is 3. The summed E-state index contributed by atoms with van der Waals surface area (Å²) in [7, 11) is 0. The van der Waals surface area contributed by atoms with Crippen LogP contribution >= 0.6 is 0 Å². The highest BCUT2D eigenvalue weighted by Gasteiger charge is 2.33. The van der Waals surface area contributed by atoms with Crippen LogP contribution in [0.5, 0.6) is 0 Å². The van der Waals surface area contributed by atoms with Gasteiger partial charge in [-0.15, -0.1) is 0 Å². The van der Waals surface area contributed by atoms with Gasteiger partial charge in [0.1, 0.15) is 0 Å². The number of halogens is 3. The maximum absolute atomic E-state index is 12.4. The van der Waals surface area contributed by atoms with E-state index in [4.69, 9.17) is 0 Å². The third kappa shape index (κ3) is 2.36. The van der Waals surface area contributed by atoms with Gasteiger partial charge in [0.25, 0.3) is 0 Å². The van der Waals surface area contributed by atoms with Gasteiger partial charge in [-0.1, -0.05) is 6.07 Å². The molecule has 2 aromatic rings. The number of rotatable bonds is 1. The number of nitrogens with zero attached hydrogens (tertiary/aromatic N) is 2. The molecule has 0 radical (unpaired) electrons. The van der Waals surface area contributed by atoms with Crippen LogP contribution in [0.2, 0.25) is 0 Å². The van der Waals surface area contributed by atoms with Crippen LogP contribution in [0.4, 0.5) is 13.2 Å². The standard InChI is InChI=1S/C11H9F3N2O/c1-6(17)7-2-3-8-9(4-7)15-5-10(16-8)11(12,13)14/h2-6,17H,1H3. The van der Waals surface area contributed by atoms with E-state index in [1.165, 1.54) is 18.2 Å². The van der Waals surface area contributed by atoms with Gasteiger partial charge in [-0.25, -0.2) is 4.98 Å². The highest BCUT2D eigenvalue weighted by Crippen LogP contribution is 2.28. The lowest BCUT2D eigenvalue weighted by molar-refractivity contribution is -0.141. The second-order valence-corrected chi connectivity index (χ2v) is 3.68. The molecule has 1 aromatic carbocycles. The first-order valence-electron chi connectivity index (χ1n) is 4.90. The Morgan fingerprint density at radius 1 is 1.24 bits per heavy atom. The van der Waals surface area contributed by atoms with E-state index in [2.05, 4.69) is 9.97 Å². The van der Waals surface area contributed by atoms with Gasteiger partial charge in [0, 0.05) is 0 Å². The number of aliphatic hydroxyl groups is 1.